The summed E-state index contributed by atoms with van der Waals surface area (Å²) in [5, 5.41) is 2.71. The number of nitrogens with zero attached hydrogens (tertiary/aromatic N) is 2. The first-order valence-corrected chi connectivity index (χ1v) is 15.6. The van der Waals surface area contributed by atoms with Gasteiger partial charge in [0.05, 0.1) is 17.5 Å². The van der Waals surface area contributed by atoms with E-state index in [1.165, 1.54) is 9.18 Å². The van der Waals surface area contributed by atoms with Gasteiger partial charge in [0.25, 0.3) is 0 Å². The van der Waals surface area contributed by atoms with Gasteiger partial charge in [-0.15, -0.1) is 11.3 Å². The number of carbonyl (C=O) groups excluding carboxylic acids is 1. The third kappa shape index (κ3) is 6.42. The highest BCUT2D eigenvalue weighted by Crippen LogP contribution is 2.34. The summed E-state index contributed by atoms with van der Waals surface area (Å²) in [6.07, 6.45) is 1.55. The smallest absolute Gasteiger partial charge is 0.243 e. The van der Waals surface area contributed by atoms with Crippen LogP contribution in [0.5, 0.6) is 5.75 Å². The van der Waals surface area contributed by atoms with E-state index in [1.54, 1.807) is 46.6 Å². The Balaban J connectivity index is 1.58. The van der Waals surface area contributed by atoms with Crippen LogP contribution in [0.3, 0.4) is 0 Å². The van der Waals surface area contributed by atoms with Crippen molar-refractivity contribution in [1.82, 2.24) is 9.21 Å². The second-order valence-corrected chi connectivity index (χ2v) is 13.3. The minimum Gasteiger partial charge on any atom is -0.491 e. The van der Waals surface area contributed by atoms with E-state index in [9.17, 15) is 13.2 Å². The van der Waals surface area contributed by atoms with E-state index in [4.69, 9.17) is 16.3 Å². The van der Waals surface area contributed by atoms with E-state index in [0.717, 1.165) is 29.5 Å². The Kier molecular flexibility index (Phi) is 9.19. The van der Waals surface area contributed by atoms with Crippen LogP contribution in [0.1, 0.15) is 47.9 Å². The molecule has 0 radical (unpaired) electrons. The highest BCUT2D eigenvalue weighted by atomic mass is 35.5. The van der Waals surface area contributed by atoms with E-state index in [2.05, 4.69) is 0 Å². The van der Waals surface area contributed by atoms with Crippen molar-refractivity contribution in [2.24, 2.45) is 5.92 Å². The number of hydrogen-bond acceptors (Lipinski definition) is 5. The lowest BCUT2D eigenvalue weighted by molar-refractivity contribution is -0.135. The fourth-order valence-corrected chi connectivity index (χ4v) is 7.14. The van der Waals surface area contributed by atoms with Gasteiger partial charge in [-0.25, -0.2) is 8.42 Å². The molecule has 2 unspecified atom stereocenters. The minimum absolute atomic E-state index is 0.111. The summed E-state index contributed by atoms with van der Waals surface area (Å²) in [5.41, 5.74) is 2.96. The molecule has 0 spiro atoms. The molecule has 9 heteroatoms. The van der Waals surface area contributed by atoms with Gasteiger partial charge in [0.1, 0.15) is 12.4 Å². The zero-order chi connectivity index (χ0) is 27.4. The molecule has 6 nitrogen and oxygen atoms in total. The number of carbonyl (C=O) groups is 1. The molecule has 0 fully saturated rings. The summed E-state index contributed by atoms with van der Waals surface area (Å²) in [5.74, 6) is 0.573. The number of sulfonamides is 1. The topological polar surface area (TPSA) is 66.9 Å². The molecule has 2 atom stereocenters. The number of fused-ring (bicyclic) bond motifs is 1. The molecule has 4 rings (SSSR count). The summed E-state index contributed by atoms with van der Waals surface area (Å²) < 4.78 is 34.8. The fraction of sp³-hybridized carbons (Fsp3) is 0.414. The maximum Gasteiger partial charge on any atom is 0.243 e. The Bertz CT molecular complexity index is 1370. The average Bonchev–Trinajstić information content (AvgIpc) is 3.38. The molecule has 0 saturated carbocycles. The van der Waals surface area contributed by atoms with Crippen molar-refractivity contribution in [3.8, 4) is 5.75 Å². The zero-order valence-electron chi connectivity index (χ0n) is 22.3. The first kappa shape index (κ1) is 28.6. The normalized spacial score (nSPS) is 16.4. The average molecular weight is 575 g/mol. The lowest BCUT2D eigenvalue weighted by Crippen LogP contribution is -2.48. The highest BCUT2D eigenvalue weighted by molar-refractivity contribution is 7.89. The Morgan fingerprint density at radius 1 is 1.18 bits per heavy atom. The van der Waals surface area contributed by atoms with Crippen LogP contribution in [-0.2, 0) is 21.2 Å². The predicted octanol–water partition coefficient (Wildman–Crippen LogP) is 6.26. The third-order valence-electron chi connectivity index (χ3n) is 7.14. The number of benzene rings is 2. The molecular formula is C29H35ClN2O4S2. The summed E-state index contributed by atoms with van der Waals surface area (Å²) in [4.78, 5) is 17.0. The van der Waals surface area contributed by atoms with Crippen molar-refractivity contribution in [2.75, 3.05) is 26.2 Å². The third-order valence-corrected chi connectivity index (χ3v) is 10.4. The van der Waals surface area contributed by atoms with Crippen molar-refractivity contribution < 1.29 is 17.9 Å². The van der Waals surface area contributed by atoms with Crippen LogP contribution in [-0.4, -0.2) is 49.8 Å². The second-order valence-electron chi connectivity index (χ2n) is 10.00. The number of halogens is 1. The van der Waals surface area contributed by atoms with Gasteiger partial charge >= 0.3 is 0 Å². The maximum absolute atomic E-state index is 13.8. The number of rotatable bonds is 10. The summed E-state index contributed by atoms with van der Waals surface area (Å²) in [7, 11) is -3.84. The number of amides is 1. The molecule has 2 heterocycles. The molecule has 1 aliphatic rings. The Morgan fingerprint density at radius 3 is 2.61 bits per heavy atom. The molecule has 1 aliphatic heterocycles. The zero-order valence-corrected chi connectivity index (χ0v) is 24.7. The van der Waals surface area contributed by atoms with Crippen molar-refractivity contribution in [3.05, 3.63) is 80.5 Å². The predicted molar refractivity (Wildman–Crippen MR) is 154 cm³/mol. The van der Waals surface area contributed by atoms with Crippen molar-refractivity contribution >= 4 is 38.9 Å². The van der Waals surface area contributed by atoms with Crippen LogP contribution in [0.15, 0.2) is 58.8 Å². The number of thiophene rings is 1. The molecular weight excluding hydrogens is 540 g/mol. The van der Waals surface area contributed by atoms with E-state index in [1.807, 2.05) is 51.3 Å². The molecule has 1 amide bonds. The van der Waals surface area contributed by atoms with Gasteiger partial charge in [-0.3, -0.25) is 4.79 Å². The Labute approximate surface area is 235 Å². The lowest BCUT2D eigenvalue weighted by Gasteiger charge is -2.37. The molecule has 0 aliphatic carbocycles. The minimum atomic E-state index is -3.84. The van der Waals surface area contributed by atoms with E-state index in [0.29, 0.717) is 17.3 Å². The van der Waals surface area contributed by atoms with Crippen LogP contribution < -0.4 is 4.74 Å². The maximum atomic E-state index is 13.8. The molecule has 38 heavy (non-hydrogen) atoms. The van der Waals surface area contributed by atoms with E-state index >= 15 is 0 Å². The van der Waals surface area contributed by atoms with Gasteiger partial charge in [-0.05, 0) is 79.1 Å². The quantitative estimate of drug-likeness (QED) is 0.287. The van der Waals surface area contributed by atoms with E-state index < -0.39 is 10.0 Å². The monoisotopic (exact) mass is 574 g/mol. The first-order chi connectivity index (χ1) is 18.1. The van der Waals surface area contributed by atoms with Crippen LogP contribution in [0, 0.1) is 19.8 Å². The second kappa shape index (κ2) is 12.2. The fourth-order valence-electron chi connectivity index (χ4n) is 4.58. The molecule has 2 aromatic carbocycles. The molecule has 0 bridgehead atoms. The summed E-state index contributed by atoms with van der Waals surface area (Å²) in [6, 6.07) is 14.0. The van der Waals surface area contributed by atoms with Gasteiger partial charge in [0.2, 0.25) is 15.9 Å². The van der Waals surface area contributed by atoms with Gasteiger partial charge in [0, 0.05) is 23.0 Å². The molecule has 1 aromatic heterocycles. The number of aryl methyl sites for hydroxylation is 2. The first-order valence-electron chi connectivity index (χ1n) is 12.9. The number of ether oxygens (including phenoxy) is 1. The standard InChI is InChI=1S/C29H35ClN2O4S2/c1-5-20(2)17-31(38(34,35)24-9-6-21(3)7-10-24)18-29(33)32-14-12-28-25(13-15-37-28)27(32)19-36-23-8-11-26(30)22(4)16-23/h6-11,13,15-16,20,27H,5,12,14,17-19H2,1-4H3. The Hall–Kier alpha value is -2.39. The summed E-state index contributed by atoms with van der Waals surface area (Å²) >= 11 is 7.85. The highest BCUT2D eigenvalue weighted by Gasteiger charge is 2.35. The largest absolute Gasteiger partial charge is 0.491 e. The Morgan fingerprint density at radius 2 is 1.92 bits per heavy atom. The molecule has 0 saturated heterocycles. The molecule has 3 aromatic rings. The summed E-state index contributed by atoms with van der Waals surface area (Å²) in [6.45, 7) is 8.72. The van der Waals surface area contributed by atoms with Gasteiger partial charge in [0.15, 0.2) is 0 Å². The van der Waals surface area contributed by atoms with Crippen molar-refractivity contribution in [1.29, 1.82) is 0 Å². The van der Waals surface area contributed by atoms with E-state index in [-0.39, 0.29) is 42.5 Å². The molecule has 204 valence electrons. The lowest BCUT2D eigenvalue weighted by atomic mass is 10.0. The van der Waals surface area contributed by atoms with Crippen LogP contribution >= 0.6 is 22.9 Å². The SMILES string of the molecule is CCC(C)CN(CC(=O)N1CCc2sccc2C1COc1ccc(Cl)c(C)c1)S(=O)(=O)c1ccc(C)cc1. The van der Waals surface area contributed by atoms with Crippen molar-refractivity contribution in [2.45, 2.75) is 51.5 Å². The molecule has 0 N–H and O–H groups in total. The van der Waals surface area contributed by atoms with Crippen LogP contribution in [0.2, 0.25) is 5.02 Å². The van der Waals surface area contributed by atoms with Gasteiger partial charge in [-0.1, -0.05) is 49.6 Å². The van der Waals surface area contributed by atoms with Gasteiger partial charge < -0.3 is 9.64 Å². The van der Waals surface area contributed by atoms with Crippen LogP contribution in [0.4, 0.5) is 0 Å². The van der Waals surface area contributed by atoms with Crippen molar-refractivity contribution in [3.63, 3.8) is 0 Å². The van der Waals surface area contributed by atoms with Crippen LogP contribution in [0.25, 0.3) is 0 Å². The number of hydrogen-bond donors (Lipinski definition) is 0. The van der Waals surface area contributed by atoms with Gasteiger partial charge in [-0.2, -0.15) is 4.31 Å².